The van der Waals surface area contributed by atoms with Crippen LogP contribution in [0, 0.1) is 0 Å². The molecule has 1 aliphatic rings. The predicted octanol–water partition coefficient (Wildman–Crippen LogP) is 1.14. The number of methoxy groups -OCH3 is 1. The van der Waals surface area contributed by atoms with Gasteiger partial charge in [-0.15, -0.1) is 0 Å². The predicted molar refractivity (Wildman–Crippen MR) is 77.9 cm³/mol. The van der Waals surface area contributed by atoms with E-state index >= 15 is 0 Å². The van der Waals surface area contributed by atoms with Crippen molar-refractivity contribution in [1.82, 2.24) is 0 Å². The lowest BCUT2D eigenvalue weighted by Gasteiger charge is -2.30. The summed E-state index contributed by atoms with van der Waals surface area (Å²) < 4.78 is 30.2. The second kappa shape index (κ2) is 5.85. The molecule has 0 amide bonds. The van der Waals surface area contributed by atoms with Gasteiger partial charge in [0.05, 0.1) is 12.8 Å². The van der Waals surface area contributed by atoms with E-state index in [1.807, 2.05) is 0 Å². The van der Waals surface area contributed by atoms with E-state index in [4.69, 9.17) is 0 Å². The van der Waals surface area contributed by atoms with Crippen LogP contribution in [0.15, 0.2) is 18.2 Å². The standard InChI is InChI=1S/C14H17NO5S/c1-10(16)11-5-6-13-12(8-11)4-3-7-15(13)21(18,19)9-14(17)20-2/h5-6,8H,3-4,7,9H2,1-2H3. The summed E-state index contributed by atoms with van der Waals surface area (Å²) in [4.78, 5) is 22.7. The highest BCUT2D eigenvalue weighted by molar-refractivity contribution is 7.93. The number of ether oxygens (including phenoxy) is 1. The van der Waals surface area contributed by atoms with Gasteiger partial charge in [-0.3, -0.25) is 13.9 Å². The third-order valence-electron chi connectivity index (χ3n) is 3.43. The number of sulfonamides is 1. The Balaban J connectivity index is 2.38. The van der Waals surface area contributed by atoms with E-state index in [1.165, 1.54) is 11.2 Å². The summed E-state index contributed by atoms with van der Waals surface area (Å²) in [6.45, 7) is 1.79. The highest BCUT2D eigenvalue weighted by atomic mass is 32.2. The highest BCUT2D eigenvalue weighted by Gasteiger charge is 2.30. The average molecular weight is 311 g/mol. The first-order valence-electron chi connectivity index (χ1n) is 6.56. The minimum absolute atomic E-state index is 0.0626. The average Bonchev–Trinajstić information content (AvgIpc) is 2.45. The molecule has 0 bridgehead atoms. The molecule has 1 aromatic carbocycles. The lowest BCUT2D eigenvalue weighted by atomic mass is 9.99. The first kappa shape index (κ1) is 15.5. The number of nitrogens with zero attached hydrogens (tertiary/aromatic N) is 1. The SMILES string of the molecule is COC(=O)CS(=O)(=O)N1CCCc2cc(C(C)=O)ccc21. The van der Waals surface area contributed by atoms with Crippen molar-refractivity contribution in [2.24, 2.45) is 0 Å². The van der Waals surface area contributed by atoms with E-state index in [1.54, 1.807) is 18.2 Å². The molecule has 7 heteroatoms. The molecule has 1 aromatic rings. The molecule has 0 atom stereocenters. The minimum atomic E-state index is -3.77. The van der Waals surface area contributed by atoms with Gasteiger partial charge < -0.3 is 4.74 Å². The van der Waals surface area contributed by atoms with Crippen molar-refractivity contribution < 1.29 is 22.7 Å². The summed E-state index contributed by atoms with van der Waals surface area (Å²) >= 11 is 0. The van der Waals surface area contributed by atoms with E-state index in [9.17, 15) is 18.0 Å². The van der Waals surface area contributed by atoms with Crippen molar-refractivity contribution in [3.05, 3.63) is 29.3 Å². The highest BCUT2D eigenvalue weighted by Crippen LogP contribution is 2.30. The molecule has 21 heavy (non-hydrogen) atoms. The summed E-state index contributed by atoms with van der Waals surface area (Å²) in [6.07, 6.45) is 1.36. The molecule has 0 saturated heterocycles. The number of anilines is 1. The summed E-state index contributed by atoms with van der Waals surface area (Å²) in [5.74, 6) is -1.54. The zero-order chi connectivity index (χ0) is 15.6. The summed E-state index contributed by atoms with van der Waals surface area (Å²) in [5, 5.41) is 0. The minimum Gasteiger partial charge on any atom is -0.468 e. The van der Waals surface area contributed by atoms with Crippen LogP contribution < -0.4 is 4.31 Å². The Bertz CT molecular complexity index is 681. The zero-order valence-electron chi connectivity index (χ0n) is 12.0. The van der Waals surface area contributed by atoms with Gasteiger partial charge in [-0.25, -0.2) is 8.42 Å². The second-order valence-electron chi connectivity index (χ2n) is 4.91. The van der Waals surface area contributed by atoms with Crippen molar-refractivity contribution in [3.63, 3.8) is 0 Å². The number of ketones is 1. The van der Waals surface area contributed by atoms with Crippen LogP contribution in [0.4, 0.5) is 5.69 Å². The van der Waals surface area contributed by atoms with Gasteiger partial charge in [-0.2, -0.15) is 0 Å². The van der Waals surface area contributed by atoms with Crippen molar-refractivity contribution in [1.29, 1.82) is 0 Å². The first-order valence-corrected chi connectivity index (χ1v) is 8.17. The molecule has 0 radical (unpaired) electrons. The maximum atomic E-state index is 12.3. The molecular weight excluding hydrogens is 294 g/mol. The number of carbonyl (C=O) groups is 2. The zero-order valence-corrected chi connectivity index (χ0v) is 12.8. The van der Waals surface area contributed by atoms with Crippen molar-refractivity contribution >= 4 is 27.5 Å². The molecule has 0 fully saturated rings. The van der Waals surface area contributed by atoms with Crippen LogP contribution in [0.25, 0.3) is 0 Å². The maximum Gasteiger partial charge on any atom is 0.322 e. The Kier molecular flexibility index (Phi) is 4.32. The number of hydrogen-bond donors (Lipinski definition) is 0. The van der Waals surface area contributed by atoms with E-state index in [-0.39, 0.29) is 5.78 Å². The third-order valence-corrected chi connectivity index (χ3v) is 5.08. The van der Waals surface area contributed by atoms with Crippen LogP contribution >= 0.6 is 0 Å². The van der Waals surface area contributed by atoms with Crippen LogP contribution in [-0.4, -0.2) is 39.6 Å². The summed E-state index contributed by atoms with van der Waals surface area (Å²) in [5.41, 5.74) is 1.90. The van der Waals surface area contributed by atoms with Gasteiger partial charge >= 0.3 is 5.97 Å². The van der Waals surface area contributed by atoms with Gasteiger partial charge in [0.2, 0.25) is 10.0 Å². The Hall–Kier alpha value is -1.89. The summed E-state index contributed by atoms with van der Waals surface area (Å²) in [6, 6.07) is 4.95. The fraction of sp³-hybridized carbons (Fsp3) is 0.429. The van der Waals surface area contributed by atoms with Crippen LogP contribution in [-0.2, 0) is 26.0 Å². The quantitative estimate of drug-likeness (QED) is 0.615. The molecule has 0 saturated carbocycles. The molecule has 0 N–H and O–H groups in total. The monoisotopic (exact) mass is 311 g/mol. The Morgan fingerprint density at radius 1 is 1.33 bits per heavy atom. The maximum absolute atomic E-state index is 12.3. The number of carbonyl (C=O) groups excluding carboxylic acids is 2. The lowest BCUT2D eigenvalue weighted by Crippen LogP contribution is -2.39. The van der Waals surface area contributed by atoms with Gasteiger partial charge in [0.25, 0.3) is 0 Å². The molecule has 114 valence electrons. The number of esters is 1. The first-order chi connectivity index (χ1) is 9.85. The van der Waals surface area contributed by atoms with Crippen molar-refractivity contribution in [2.75, 3.05) is 23.7 Å². The molecule has 6 nitrogen and oxygen atoms in total. The van der Waals surface area contributed by atoms with Gasteiger partial charge in [0, 0.05) is 12.1 Å². The number of aryl methyl sites for hydroxylation is 1. The normalized spacial score (nSPS) is 14.5. The van der Waals surface area contributed by atoms with E-state index in [0.717, 1.165) is 12.7 Å². The smallest absolute Gasteiger partial charge is 0.322 e. The van der Waals surface area contributed by atoms with Gasteiger partial charge in [-0.1, -0.05) is 0 Å². The van der Waals surface area contributed by atoms with Gasteiger partial charge in [-0.05, 0) is 43.5 Å². The van der Waals surface area contributed by atoms with Gasteiger partial charge in [0.1, 0.15) is 0 Å². The fourth-order valence-corrected chi connectivity index (χ4v) is 3.81. The van der Waals surface area contributed by atoms with Crippen LogP contribution in [0.5, 0.6) is 0 Å². The molecule has 1 heterocycles. The van der Waals surface area contributed by atoms with E-state index < -0.39 is 21.7 Å². The molecule has 0 unspecified atom stereocenters. The van der Waals surface area contributed by atoms with Gasteiger partial charge in [0.15, 0.2) is 11.5 Å². The Morgan fingerprint density at radius 3 is 2.67 bits per heavy atom. The molecule has 1 aliphatic heterocycles. The number of Topliss-reactive ketones (excluding diaryl/α,β-unsaturated/α-hetero) is 1. The Morgan fingerprint density at radius 2 is 2.05 bits per heavy atom. The number of hydrogen-bond acceptors (Lipinski definition) is 5. The lowest BCUT2D eigenvalue weighted by molar-refractivity contribution is -0.137. The number of rotatable bonds is 4. The number of fused-ring (bicyclic) bond motifs is 1. The van der Waals surface area contributed by atoms with E-state index in [2.05, 4.69) is 4.74 Å². The largest absolute Gasteiger partial charge is 0.468 e. The number of benzene rings is 1. The van der Waals surface area contributed by atoms with Crippen molar-refractivity contribution in [2.45, 2.75) is 19.8 Å². The topological polar surface area (TPSA) is 80.8 Å². The van der Waals surface area contributed by atoms with Crippen LogP contribution in [0.3, 0.4) is 0 Å². The molecule has 0 aliphatic carbocycles. The fourth-order valence-electron chi connectivity index (χ4n) is 2.36. The third kappa shape index (κ3) is 3.24. The van der Waals surface area contributed by atoms with Crippen molar-refractivity contribution in [3.8, 4) is 0 Å². The Labute approximate surface area is 123 Å². The molecule has 0 spiro atoms. The molecule has 0 aromatic heterocycles. The second-order valence-corrected chi connectivity index (χ2v) is 6.80. The van der Waals surface area contributed by atoms with Crippen LogP contribution in [0.2, 0.25) is 0 Å². The molecule has 2 rings (SSSR count). The molecular formula is C14H17NO5S. The van der Waals surface area contributed by atoms with Crippen LogP contribution in [0.1, 0.15) is 29.3 Å². The summed E-state index contributed by atoms with van der Waals surface area (Å²) in [7, 11) is -2.61. The van der Waals surface area contributed by atoms with E-state index in [0.29, 0.717) is 30.6 Å².